The average molecular weight is 605 g/mol. The fourth-order valence-electron chi connectivity index (χ4n) is 6.41. The highest BCUT2D eigenvalue weighted by Gasteiger charge is 2.29. The molecule has 0 aliphatic carbocycles. The lowest BCUT2D eigenvalue weighted by molar-refractivity contribution is 0.974. The number of aliphatic imine (C=N–C) groups is 1. The lowest BCUT2D eigenvalue weighted by Crippen LogP contribution is -2.20. The molecule has 12 heteroatoms. The normalized spacial score (nSPS) is 12.9. The van der Waals surface area contributed by atoms with E-state index >= 15 is 0 Å². The maximum atomic E-state index is 5.09. The number of aromatic nitrogens is 7. The van der Waals surface area contributed by atoms with Crippen molar-refractivity contribution in [2.75, 3.05) is 27.5 Å². The summed E-state index contributed by atoms with van der Waals surface area (Å²) in [5, 5.41) is 12.6. The third kappa shape index (κ3) is 4.11. The van der Waals surface area contributed by atoms with Gasteiger partial charge in [-0.1, -0.05) is 18.2 Å². The van der Waals surface area contributed by atoms with Gasteiger partial charge in [0.1, 0.15) is 23.8 Å². The van der Waals surface area contributed by atoms with Crippen LogP contribution in [0.5, 0.6) is 0 Å². The monoisotopic (exact) mass is 604 g/mol. The van der Waals surface area contributed by atoms with Crippen molar-refractivity contribution in [2.45, 2.75) is 13.3 Å². The molecule has 224 valence electrons. The predicted octanol–water partition coefficient (Wildman–Crippen LogP) is 7.24. The molecule has 0 amide bonds. The zero-order valence-corrected chi connectivity index (χ0v) is 24.8. The molecule has 0 radical (unpaired) electrons. The Morgan fingerprint density at radius 3 is 2.35 bits per heavy atom. The Labute approximate surface area is 262 Å². The molecule has 0 atom stereocenters. The first-order valence-corrected chi connectivity index (χ1v) is 15.0. The minimum Gasteiger partial charge on any atom is -0.366 e. The molecule has 46 heavy (non-hydrogen) atoms. The highest BCUT2D eigenvalue weighted by molar-refractivity contribution is 6.08. The van der Waals surface area contributed by atoms with Crippen molar-refractivity contribution in [3.8, 4) is 0 Å². The molecule has 8 aromatic rings. The van der Waals surface area contributed by atoms with Crippen LogP contribution in [0.3, 0.4) is 0 Å². The number of benzene rings is 2. The van der Waals surface area contributed by atoms with Crippen molar-refractivity contribution in [3.63, 3.8) is 0 Å². The first kappa shape index (κ1) is 26.0. The number of hydrogen-bond acceptors (Lipinski definition) is 9. The summed E-state index contributed by atoms with van der Waals surface area (Å²) in [7, 11) is 0. The van der Waals surface area contributed by atoms with Gasteiger partial charge in [0.15, 0.2) is 0 Å². The van der Waals surface area contributed by atoms with Gasteiger partial charge in [-0.15, -0.1) is 0 Å². The zero-order chi connectivity index (χ0) is 30.6. The highest BCUT2D eigenvalue weighted by Crippen LogP contribution is 2.46. The number of para-hydroxylation sites is 1. The Morgan fingerprint density at radius 2 is 1.57 bits per heavy atom. The SMILES string of the molecule is CC=Nc1cccc(Nc2ccc[nH]2)c1Cc1nc2ncnc3nc(N4CNc5cccc(Nc6ccc[nH]6)c54)c4ccc1c4n23. The van der Waals surface area contributed by atoms with Crippen LogP contribution in [0.15, 0.2) is 96.5 Å². The van der Waals surface area contributed by atoms with Gasteiger partial charge in [0, 0.05) is 47.1 Å². The number of hydrogen-bond donors (Lipinski definition) is 5. The number of H-pyrrole nitrogens is 2. The molecule has 5 N–H and O–H groups in total. The minimum absolute atomic E-state index is 0.538. The van der Waals surface area contributed by atoms with Crippen LogP contribution in [-0.4, -0.2) is 47.2 Å². The Hall–Kier alpha value is -6.43. The second-order valence-corrected chi connectivity index (χ2v) is 11.1. The van der Waals surface area contributed by atoms with Gasteiger partial charge < -0.3 is 30.8 Å². The summed E-state index contributed by atoms with van der Waals surface area (Å²) in [5.74, 6) is 3.71. The second-order valence-electron chi connectivity index (χ2n) is 11.1. The third-order valence-corrected chi connectivity index (χ3v) is 8.38. The van der Waals surface area contributed by atoms with Crippen molar-refractivity contribution in [1.82, 2.24) is 34.3 Å². The maximum Gasteiger partial charge on any atom is 0.240 e. The largest absolute Gasteiger partial charge is 0.366 e. The molecule has 3 aromatic carbocycles. The van der Waals surface area contributed by atoms with Crippen molar-refractivity contribution in [3.05, 3.63) is 103 Å². The van der Waals surface area contributed by atoms with Gasteiger partial charge in [-0.3, -0.25) is 4.99 Å². The van der Waals surface area contributed by atoms with E-state index in [2.05, 4.69) is 71.1 Å². The van der Waals surface area contributed by atoms with Crippen molar-refractivity contribution in [1.29, 1.82) is 0 Å². The van der Waals surface area contributed by atoms with Crippen LogP contribution in [0.2, 0.25) is 0 Å². The average Bonchev–Trinajstić information content (AvgIpc) is 3.90. The van der Waals surface area contributed by atoms with Gasteiger partial charge in [0.2, 0.25) is 11.6 Å². The molecule has 12 nitrogen and oxygen atoms in total. The van der Waals surface area contributed by atoms with Crippen LogP contribution in [0.25, 0.3) is 27.8 Å². The fourth-order valence-corrected chi connectivity index (χ4v) is 6.41. The molecular formula is C34H28N12. The molecule has 1 aliphatic rings. The van der Waals surface area contributed by atoms with E-state index in [4.69, 9.17) is 15.0 Å². The quantitative estimate of drug-likeness (QED) is 0.114. The molecule has 0 unspecified atom stereocenters. The van der Waals surface area contributed by atoms with Crippen LogP contribution in [0.1, 0.15) is 18.2 Å². The number of nitrogens with zero attached hydrogens (tertiary/aromatic N) is 7. The van der Waals surface area contributed by atoms with E-state index in [9.17, 15) is 0 Å². The minimum atomic E-state index is 0.538. The number of rotatable bonds is 8. The Balaban J connectivity index is 1.21. The van der Waals surface area contributed by atoms with Gasteiger partial charge in [0.05, 0.1) is 40.6 Å². The third-order valence-electron chi connectivity index (χ3n) is 8.38. The van der Waals surface area contributed by atoms with E-state index in [0.29, 0.717) is 24.6 Å². The zero-order valence-electron chi connectivity index (χ0n) is 24.8. The van der Waals surface area contributed by atoms with Gasteiger partial charge in [-0.25, -0.2) is 19.4 Å². The molecule has 5 aromatic heterocycles. The molecule has 1 aliphatic heterocycles. The number of fused-ring (bicyclic) bond motifs is 1. The number of aromatic amines is 2. The van der Waals surface area contributed by atoms with Gasteiger partial charge in [-0.2, -0.15) is 4.98 Å². The fraction of sp³-hybridized carbons (Fsp3) is 0.0882. The molecular weight excluding hydrogens is 576 g/mol. The van der Waals surface area contributed by atoms with Crippen molar-refractivity contribution in [2.24, 2.45) is 4.99 Å². The van der Waals surface area contributed by atoms with E-state index in [0.717, 1.165) is 73.4 Å². The first-order chi connectivity index (χ1) is 22.7. The van der Waals surface area contributed by atoms with E-state index in [1.165, 1.54) is 6.33 Å². The summed E-state index contributed by atoms with van der Waals surface area (Å²) < 4.78 is 1.96. The summed E-state index contributed by atoms with van der Waals surface area (Å²) in [6, 6.07) is 24.5. The van der Waals surface area contributed by atoms with Gasteiger partial charge in [-0.05, 0) is 61.5 Å². The lowest BCUT2D eigenvalue weighted by atomic mass is 10.0. The molecule has 6 heterocycles. The standard InChI is InChI=1S/C34H28N12/c1-2-35-23-7-3-8-24(41-28-11-5-15-36-28)22(23)17-27-20-13-14-21-30(20)46-33(43-27)38-18-39-34(46)44-32(21)45-19-40-25-9-4-10-26(31(25)45)42-29-12-6-16-37-29/h2-16,18,36-37,40-42H,17,19H2,1H3. The van der Waals surface area contributed by atoms with Crippen LogP contribution in [-0.2, 0) is 6.42 Å². The molecule has 0 fully saturated rings. The van der Waals surface area contributed by atoms with E-state index < -0.39 is 0 Å². The van der Waals surface area contributed by atoms with E-state index in [1.54, 1.807) is 0 Å². The van der Waals surface area contributed by atoms with Crippen LogP contribution >= 0.6 is 0 Å². The Bertz CT molecular complexity index is 2370. The van der Waals surface area contributed by atoms with Crippen molar-refractivity contribution >= 4 is 79.9 Å². The molecule has 9 rings (SSSR count). The summed E-state index contributed by atoms with van der Waals surface area (Å²) in [4.78, 5) is 32.7. The number of anilines is 7. The van der Waals surface area contributed by atoms with Crippen molar-refractivity contribution < 1.29 is 0 Å². The van der Waals surface area contributed by atoms with Crippen LogP contribution < -0.4 is 20.9 Å². The molecule has 0 saturated carbocycles. The van der Waals surface area contributed by atoms with E-state index in [-0.39, 0.29) is 0 Å². The second kappa shape index (κ2) is 10.3. The lowest BCUT2D eigenvalue weighted by Gasteiger charge is -2.22. The summed E-state index contributed by atoms with van der Waals surface area (Å²) in [5.41, 5.74) is 7.77. The number of nitrogens with one attached hydrogen (secondary N) is 5. The smallest absolute Gasteiger partial charge is 0.240 e. The van der Waals surface area contributed by atoms with Crippen LogP contribution in [0.4, 0.5) is 45.9 Å². The van der Waals surface area contributed by atoms with Crippen LogP contribution in [0, 0.1) is 0 Å². The van der Waals surface area contributed by atoms with E-state index in [1.807, 2.05) is 72.4 Å². The summed E-state index contributed by atoms with van der Waals surface area (Å²) in [6.07, 6.45) is 7.69. The van der Waals surface area contributed by atoms with Gasteiger partial charge >= 0.3 is 0 Å². The first-order valence-electron chi connectivity index (χ1n) is 15.0. The summed E-state index contributed by atoms with van der Waals surface area (Å²) in [6.45, 7) is 2.49. The van der Waals surface area contributed by atoms with Gasteiger partial charge in [0.25, 0.3) is 0 Å². The Morgan fingerprint density at radius 1 is 0.826 bits per heavy atom. The highest BCUT2D eigenvalue weighted by atomic mass is 15.3. The maximum absolute atomic E-state index is 5.09. The predicted molar refractivity (Wildman–Crippen MR) is 183 cm³/mol. The molecule has 0 spiro atoms. The Kier molecular flexibility index (Phi) is 5.85. The molecule has 0 saturated heterocycles. The summed E-state index contributed by atoms with van der Waals surface area (Å²) >= 11 is 0. The molecule has 0 bridgehead atoms. The topological polar surface area (TPSA) is 139 Å².